The zero-order chi connectivity index (χ0) is 19.5. The van der Waals surface area contributed by atoms with Crippen LogP contribution < -0.4 is 9.47 Å². The molecule has 28 heavy (non-hydrogen) atoms. The normalized spacial score (nSPS) is 18.9. The van der Waals surface area contributed by atoms with Crippen molar-refractivity contribution in [2.24, 2.45) is 0 Å². The summed E-state index contributed by atoms with van der Waals surface area (Å²) in [5, 5.41) is 0. The highest BCUT2D eigenvalue weighted by atomic mass is 16.6. The number of likely N-dealkylation sites (N-methyl/N-ethyl adjacent to an activating group) is 1. The van der Waals surface area contributed by atoms with E-state index in [1.165, 1.54) is 11.1 Å². The van der Waals surface area contributed by atoms with Gasteiger partial charge in [-0.3, -0.25) is 9.69 Å². The second kappa shape index (κ2) is 8.23. The topological polar surface area (TPSA) is 42.0 Å². The molecule has 5 nitrogen and oxygen atoms in total. The summed E-state index contributed by atoms with van der Waals surface area (Å²) in [7, 11) is 1.89. The molecule has 4 rings (SSSR count). The van der Waals surface area contributed by atoms with E-state index in [1.54, 1.807) is 0 Å². The smallest absolute Gasteiger partial charge is 0.236 e. The maximum atomic E-state index is 12.8. The third kappa shape index (κ3) is 4.14. The van der Waals surface area contributed by atoms with Gasteiger partial charge in [0.25, 0.3) is 0 Å². The molecule has 148 valence electrons. The first-order chi connectivity index (χ1) is 13.6. The van der Waals surface area contributed by atoms with E-state index in [2.05, 4.69) is 48.2 Å². The molecule has 5 heteroatoms. The molecule has 1 saturated heterocycles. The first-order valence-electron chi connectivity index (χ1n) is 10.0. The molecule has 2 aliphatic heterocycles. The minimum atomic E-state index is 0.157. The van der Waals surface area contributed by atoms with Crippen molar-refractivity contribution in [3.8, 4) is 11.5 Å². The Hall–Kier alpha value is -2.53. The number of hydrogen-bond donors (Lipinski definition) is 0. The van der Waals surface area contributed by atoms with Gasteiger partial charge in [-0.2, -0.15) is 0 Å². The molecule has 0 spiro atoms. The molecule has 0 radical (unpaired) electrons. The van der Waals surface area contributed by atoms with Gasteiger partial charge in [0.2, 0.25) is 5.91 Å². The Balaban J connectivity index is 1.40. The Morgan fingerprint density at radius 3 is 2.64 bits per heavy atom. The quantitative estimate of drug-likeness (QED) is 0.795. The van der Waals surface area contributed by atoms with Crippen LogP contribution in [0.1, 0.15) is 35.6 Å². The highest BCUT2D eigenvalue weighted by Crippen LogP contribution is 2.37. The maximum Gasteiger partial charge on any atom is 0.236 e. The van der Waals surface area contributed by atoms with Crippen LogP contribution in [0.25, 0.3) is 0 Å². The molecule has 1 atom stereocenters. The van der Waals surface area contributed by atoms with Crippen LogP contribution in [0, 0.1) is 6.92 Å². The highest BCUT2D eigenvalue weighted by molar-refractivity contribution is 5.78. The molecule has 0 aliphatic carbocycles. The molecule has 0 aromatic heterocycles. The second-order valence-electron chi connectivity index (χ2n) is 7.77. The van der Waals surface area contributed by atoms with E-state index in [9.17, 15) is 4.79 Å². The van der Waals surface area contributed by atoms with Crippen molar-refractivity contribution in [2.45, 2.75) is 32.4 Å². The molecule has 0 saturated carbocycles. The second-order valence-corrected chi connectivity index (χ2v) is 7.77. The van der Waals surface area contributed by atoms with E-state index >= 15 is 0 Å². The number of rotatable bonds is 5. The lowest BCUT2D eigenvalue weighted by Crippen LogP contribution is -2.37. The Kier molecular flexibility index (Phi) is 5.53. The lowest BCUT2D eigenvalue weighted by Gasteiger charge is -2.28. The lowest BCUT2D eigenvalue weighted by atomic mass is 10.0. The van der Waals surface area contributed by atoms with Gasteiger partial charge in [0.05, 0.1) is 6.54 Å². The van der Waals surface area contributed by atoms with E-state index in [1.807, 2.05) is 18.0 Å². The third-order valence-corrected chi connectivity index (χ3v) is 5.62. The van der Waals surface area contributed by atoms with Crippen LogP contribution in [0.2, 0.25) is 0 Å². The van der Waals surface area contributed by atoms with E-state index in [0.717, 1.165) is 36.4 Å². The number of hydrogen-bond acceptors (Lipinski definition) is 4. The molecule has 0 N–H and O–H groups in total. The zero-order valence-corrected chi connectivity index (χ0v) is 16.7. The van der Waals surface area contributed by atoms with Crippen molar-refractivity contribution in [1.29, 1.82) is 0 Å². The van der Waals surface area contributed by atoms with E-state index in [0.29, 0.717) is 26.3 Å². The van der Waals surface area contributed by atoms with Crippen LogP contribution in [-0.2, 0) is 11.3 Å². The molecular formula is C23H28N2O3. The molecule has 2 aromatic carbocycles. The van der Waals surface area contributed by atoms with Crippen LogP contribution in [-0.4, -0.2) is 49.1 Å². The summed E-state index contributed by atoms with van der Waals surface area (Å²) in [5.74, 6) is 1.79. The fraction of sp³-hybridized carbons (Fsp3) is 0.435. The highest BCUT2D eigenvalue weighted by Gasteiger charge is 2.29. The van der Waals surface area contributed by atoms with Crippen molar-refractivity contribution in [3.05, 3.63) is 59.2 Å². The number of nitrogens with zero attached hydrogens (tertiary/aromatic N) is 2. The van der Waals surface area contributed by atoms with Crippen molar-refractivity contribution in [2.75, 3.05) is 33.4 Å². The Morgan fingerprint density at radius 2 is 1.86 bits per heavy atom. The van der Waals surface area contributed by atoms with Crippen LogP contribution >= 0.6 is 0 Å². The molecule has 2 heterocycles. The fourth-order valence-corrected chi connectivity index (χ4v) is 4.01. The number of carbonyl (C=O) groups excluding carboxylic acids is 1. The SMILES string of the molecule is Cc1ccc(CN(C)C(=O)CN2CCC[C@@H]2c2ccc3c(c2)OCCO3)cc1. The van der Waals surface area contributed by atoms with Crippen LogP contribution in [0.3, 0.4) is 0 Å². The average Bonchev–Trinajstić information content (AvgIpc) is 3.17. The first kappa shape index (κ1) is 18.8. The largest absolute Gasteiger partial charge is 0.486 e. The molecule has 0 unspecified atom stereocenters. The standard InChI is InChI=1S/C23H28N2O3/c1-17-5-7-18(8-6-17)15-24(2)23(26)16-25-11-3-4-20(25)19-9-10-21-22(14-19)28-13-12-27-21/h5-10,14,20H,3-4,11-13,15-16H2,1-2H3/t20-/m1/s1. The minimum Gasteiger partial charge on any atom is -0.486 e. The average molecular weight is 380 g/mol. The van der Waals surface area contributed by atoms with Crippen molar-refractivity contribution in [1.82, 2.24) is 9.80 Å². The number of likely N-dealkylation sites (tertiary alicyclic amines) is 1. The van der Waals surface area contributed by atoms with E-state index in [4.69, 9.17) is 9.47 Å². The monoisotopic (exact) mass is 380 g/mol. The predicted octanol–water partition coefficient (Wildman–Crippen LogP) is 3.56. The van der Waals surface area contributed by atoms with Gasteiger partial charge in [0, 0.05) is 19.6 Å². The van der Waals surface area contributed by atoms with Gasteiger partial charge in [-0.15, -0.1) is 0 Å². The Bertz CT molecular complexity index is 834. The van der Waals surface area contributed by atoms with Gasteiger partial charge < -0.3 is 14.4 Å². The number of carbonyl (C=O) groups is 1. The van der Waals surface area contributed by atoms with Gasteiger partial charge in [-0.25, -0.2) is 0 Å². The number of benzene rings is 2. The molecule has 2 aromatic rings. The Morgan fingerprint density at radius 1 is 1.11 bits per heavy atom. The first-order valence-corrected chi connectivity index (χ1v) is 10.0. The maximum absolute atomic E-state index is 12.8. The molecule has 0 bridgehead atoms. The van der Waals surface area contributed by atoms with Gasteiger partial charge in [-0.05, 0) is 49.6 Å². The summed E-state index contributed by atoms with van der Waals surface area (Å²) in [4.78, 5) is 16.9. The molecule has 1 fully saturated rings. The van der Waals surface area contributed by atoms with E-state index in [-0.39, 0.29) is 11.9 Å². The van der Waals surface area contributed by atoms with Crippen molar-refractivity contribution < 1.29 is 14.3 Å². The summed E-state index contributed by atoms with van der Waals surface area (Å²) in [5.41, 5.74) is 3.60. The number of amides is 1. The van der Waals surface area contributed by atoms with Gasteiger partial charge in [0.15, 0.2) is 11.5 Å². The molecule has 1 amide bonds. The zero-order valence-electron chi connectivity index (χ0n) is 16.7. The third-order valence-electron chi connectivity index (χ3n) is 5.62. The van der Waals surface area contributed by atoms with Crippen LogP contribution in [0.4, 0.5) is 0 Å². The summed E-state index contributed by atoms with van der Waals surface area (Å²) >= 11 is 0. The summed E-state index contributed by atoms with van der Waals surface area (Å²) in [6.07, 6.45) is 2.17. The summed E-state index contributed by atoms with van der Waals surface area (Å²) in [6.45, 7) is 5.30. The predicted molar refractivity (Wildman–Crippen MR) is 109 cm³/mol. The minimum absolute atomic E-state index is 0.157. The fourth-order valence-electron chi connectivity index (χ4n) is 4.01. The van der Waals surface area contributed by atoms with E-state index < -0.39 is 0 Å². The Labute approximate surface area is 166 Å². The molecular weight excluding hydrogens is 352 g/mol. The van der Waals surface area contributed by atoms with Gasteiger partial charge in [0.1, 0.15) is 13.2 Å². The van der Waals surface area contributed by atoms with Crippen molar-refractivity contribution >= 4 is 5.91 Å². The number of aryl methyl sites for hydroxylation is 1. The van der Waals surface area contributed by atoms with Crippen LogP contribution in [0.15, 0.2) is 42.5 Å². The molecule has 2 aliphatic rings. The van der Waals surface area contributed by atoms with Crippen molar-refractivity contribution in [3.63, 3.8) is 0 Å². The number of ether oxygens (including phenoxy) is 2. The summed E-state index contributed by atoms with van der Waals surface area (Å²) in [6, 6.07) is 14.8. The van der Waals surface area contributed by atoms with Crippen LogP contribution in [0.5, 0.6) is 11.5 Å². The lowest BCUT2D eigenvalue weighted by molar-refractivity contribution is -0.131. The number of fused-ring (bicyclic) bond motifs is 1. The van der Waals surface area contributed by atoms with Gasteiger partial charge >= 0.3 is 0 Å². The van der Waals surface area contributed by atoms with Gasteiger partial charge in [-0.1, -0.05) is 35.9 Å². The summed E-state index contributed by atoms with van der Waals surface area (Å²) < 4.78 is 11.4.